The van der Waals surface area contributed by atoms with Crippen molar-refractivity contribution >= 4 is 11.8 Å². The van der Waals surface area contributed by atoms with Crippen molar-refractivity contribution in [3.8, 4) is 11.3 Å². The zero-order valence-electron chi connectivity index (χ0n) is 11.5. The van der Waals surface area contributed by atoms with E-state index < -0.39 is 0 Å². The number of nitrogens with one attached hydrogen (secondary N) is 2. The smallest absolute Gasteiger partial charge is 0.257 e. The van der Waals surface area contributed by atoms with Gasteiger partial charge in [-0.3, -0.25) is 14.7 Å². The molecule has 2 heterocycles. The minimum absolute atomic E-state index is 0.0132. The van der Waals surface area contributed by atoms with Gasteiger partial charge < -0.3 is 10.2 Å². The molecule has 0 saturated carbocycles. The molecular formula is C15H16N4O2. The molecule has 0 bridgehead atoms. The van der Waals surface area contributed by atoms with Gasteiger partial charge in [0.25, 0.3) is 5.91 Å². The minimum atomic E-state index is -0.0981. The molecule has 21 heavy (non-hydrogen) atoms. The van der Waals surface area contributed by atoms with Gasteiger partial charge >= 0.3 is 0 Å². The van der Waals surface area contributed by atoms with Gasteiger partial charge in [0.2, 0.25) is 5.91 Å². The normalized spacial score (nSPS) is 15.4. The van der Waals surface area contributed by atoms with Crippen LogP contribution in [0.25, 0.3) is 11.3 Å². The van der Waals surface area contributed by atoms with E-state index in [2.05, 4.69) is 15.5 Å². The van der Waals surface area contributed by atoms with Gasteiger partial charge in [-0.1, -0.05) is 30.3 Å². The molecular weight excluding hydrogens is 268 g/mol. The first-order valence-corrected chi connectivity index (χ1v) is 6.90. The maximum absolute atomic E-state index is 12.6. The van der Waals surface area contributed by atoms with Crippen molar-refractivity contribution in [1.29, 1.82) is 0 Å². The van der Waals surface area contributed by atoms with Crippen LogP contribution in [0.1, 0.15) is 16.8 Å². The van der Waals surface area contributed by atoms with E-state index in [1.165, 1.54) is 0 Å². The third-order valence-electron chi connectivity index (χ3n) is 3.53. The number of aromatic nitrogens is 2. The molecule has 0 unspecified atom stereocenters. The molecule has 1 saturated heterocycles. The molecule has 0 radical (unpaired) electrons. The molecule has 1 fully saturated rings. The van der Waals surface area contributed by atoms with Gasteiger partial charge in [-0.25, -0.2) is 0 Å². The zero-order chi connectivity index (χ0) is 14.7. The van der Waals surface area contributed by atoms with Gasteiger partial charge in [-0.05, 0) is 0 Å². The fourth-order valence-corrected chi connectivity index (χ4v) is 2.41. The van der Waals surface area contributed by atoms with Crippen molar-refractivity contribution in [3.63, 3.8) is 0 Å². The highest BCUT2D eigenvalue weighted by Gasteiger charge is 2.23. The van der Waals surface area contributed by atoms with Crippen molar-refractivity contribution in [2.75, 3.05) is 19.6 Å². The van der Waals surface area contributed by atoms with E-state index >= 15 is 0 Å². The third-order valence-corrected chi connectivity index (χ3v) is 3.53. The lowest BCUT2D eigenvalue weighted by Gasteiger charge is -2.19. The molecule has 2 N–H and O–H groups in total. The van der Waals surface area contributed by atoms with E-state index in [-0.39, 0.29) is 11.8 Å². The Morgan fingerprint density at radius 1 is 1.19 bits per heavy atom. The highest BCUT2D eigenvalue weighted by Crippen LogP contribution is 2.22. The monoisotopic (exact) mass is 284 g/mol. The highest BCUT2D eigenvalue weighted by atomic mass is 16.2. The third kappa shape index (κ3) is 2.79. The Hall–Kier alpha value is -2.63. The number of carbonyl (C=O) groups is 2. The maximum atomic E-state index is 12.6. The quantitative estimate of drug-likeness (QED) is 0.865. The SMILES string of the molecule is O=C1CCN(C(=O)c2cn[nH]c2-c2ccccc2)CCN1. The lowest BCUT2D eigenvalue weighted by Crippen LogP contribution is -2.34. The summed E-state index contributed by atoms with van der Waals surface area (Å²) < 4.78 is 0. The van der Waals surface area contributed by atoms with Crippen LogP contribution >= 0.6 is 0 Å². The number of aromatic amines is 1. The second kappa shape index (κ2) is 5.78. The average Bonchev–Trinajstić information content (AvgIpc) is 2.90. The largest absolute Gasteiger partial charge is 0.354 e. The standard InChI is InChI=1S/C15H16N4O2/c20-13-6-8-19(9-7-16-13)15(21)12-10-17-18-14(12)11-4-2-1-3-5-11/h1-5,10H,6-9H2,(H,16,20)(H,17,18). The fraction of sp³-hybridized carbons (Fsp3) is 0.267. The first-order valence-electron chi connectivity index (χ1n) is 6.90. The van der Waals surface area contributed by atoms with Gasteiger partial charge in [0.1, 0.15) is 0 Å². The van der Waals surface area contributed by atoms with Crippen LogP contribution in [0, 0.1) is 0 Å². The molecule has 1 aliphatic heterocycles. The average molecular weight is 284 g/mol. The molecule has 6 nitrogen and oxygen atoms in total. The molecule has 0 spiro atoms. The van der Waals surface area contributed by atoms with Gasteiger partial charge in [0.05, 0.1) is 17.5 Å². The summed E-state index contributed by atoms with van der Waals surface area (Å²) in [6.45, 7) is 1.44. The fourth-order valence-electron chi connectivity index (χ4n) is 2.41. The Morgan fingerprint density at radius 2 is 2.00 bits per heavy atom. The lowest BCUT2D eigenvalue weighted by molar-refractivity contribution is -0.120. The predicted molar refractivity (Wildman–Crippen MR) is 77.6 cm³/mol. The van der Waals surface area contributed by atoms with Gasteiger partial charge in [-0.2, -0.15) is 5.10 Å². The molecule has 2 amide bonds. The van der Waals surface area contributed by atoms with Crippen molar-refractivity contribution < 1.29 is 9.59 Å². The van der Waals surface area contributed by atoms with Crippen LogP contribution < -0.4 is 5.32 Å². The number of nitrogens with zero attached hydrogens (tertiary/aromatic N) is 2. The Labute approximate surface area is 122 Å². The van der Waals surface area contributed by atoms with E-state index in [1.807, 2.05) is 30.3 Å². The molecule has 0 atom stereocenters. The maximum Gasteiger partial charge on any atom is 0.257 e. The van der Waals surface area contributed by atoms with Gasteiger partial charge in [-0.15, -0.1) is 0 Å². The number of rotatable bonds is 2. The number of carbonyl (C=O) groups excluding carboxylic acids is 2. The molecule has 1 aromatic heterocycles. The van der Waals surface area contributed by atoms with Crippen LogP contribution in [0.4, 0.5) is 0 Å². The summed E-state index contributed by atoms with van der Waals surface area (Å²) in [6, 6.07) is 9.61. The Kier molecular flexibility index (Phi) is 3.68. The van der Waals surface area contributed by atoms with Crippen LogP contribution in [0.5, 0.6) is 0 Å². The summed E-state index contributed by atoms with van der Waals surface area (Å²) in [5.74, 6) is -0.111. The highest BCUT2D eigenvalue weighted by molar-refractivity contribution is 6.00. The van der Waals surface area contributed by atoms with Crippen molar-refractivity contribution in [2.45, 2.75) is 6.42 Å². The summed E-state index contributed by atoms with van der Waals surface area (Å²) in [5.41, 5.74) is 2.17. The number of H-pyrrole nitrogens is 1. The molecule has 3 rings (SSSR count). The van der Waals surface area contributed by atoms with Crippen molar-refractivity contribution in [1.82, 2.24) is 20.4 Å². The lowest BCUT2D eigenvalue weighted by atomic mass is 10.1. The van der Waals surface area contributed by atoms with Crippen LogP contribution in [0.2, 0.25) is 0 Å². The van der Waals surface area contributed by atoms with E-state index in [0.29, 0.717) is 37.3 Å². The molecule has 0 aliphatic carbocycles. The summed E-state index contributed by atoms with van der Waals surface area (Å²) in [5, 5.41) is 9.65. The molecule has 1 aliphatic rings. The Bertz CT molecular complexity index is 651. The van der Waals surface area contributed by atoms with Crippen molar-refractivity contribution in [2.24, 2.45) is 0 Å². The summed E-state index contributed by atoms with van der Waals surface area (Å²) >= 11 is 0. The van der Waals surface area contributed by atoms with E-state index in [0.717, 1.165) is 5.56 Å². The Balaban J connectivity index is 1.86. The van der Waals surface area contributed by atoms with Crippen LogP contribution in [0.3, 0.4) is 0 Å². The number of hydrogen-bond donors (Lipinski definition) is 2. The summed E-state index contributed by atoms with van der Waals surface area (Å²) in [7, 11) is 0. The van der Waals surface area contributed by atoms with Crippen molar-refractivity contribution in [3.05, 3.63) is 42.1 Å². The van der Waals surface area contributed by atoms with E-state index in [1.54, 1.807) is 11.1 Å². The molecule has 6 heteroatoms. The van der Waals surface area contributed by atoms with Crippen LogP contribution in [0.15, 0.2) is 36.5 Å². The van der Waals surface area contributed by atoms with Crippen LogP contribution in [-0.4, -0.2) is 46.5 Å². The van der Waals surface area contributed by atoms with E-state index in [9.17, 15) is 9.59 Å². The number of amides is 2. The molecule has 108 valence electrons. The molecule has 1 aromatic carbocycles. The first kappa shape index (κ1) is 13.4. The topological polar surface area (TPSA) is 78.1 Å². The Morgan fingerprint density at radius 3 is 2.81 bits per heavy atom. The molecule has 2 aromatic rings. The predicted octanol–water partition coefficient (Wildman–Crippen LogP) is 1.04. The second-order valence-electron chi connectivity index (χ2n) is 4.92. The van der Waals surface area contributed by atoms with E-state index in [4.69, 9.17) is 0 Å². The zero-order valence-corrected chi connectivity index (χ0v) is 11.5. The number of hydrogen-bond acceptors (Lipinski definition) is 3. The minimum Gasteiger partial charge on any atom is -0.354 e. The number of benzene rings is 1. The summed E-state index contributed by atoms with van der Waals surface area (Å²) in [4.78, 5) is 25.7. The van der Waals surface area contributed by atoms with Gasteiger partial charge in [0, 0.05) is 31.6 Å². The second-order valence-corrected chi connectivity index (χ2v) is 4.92. The first-order chi connectivity index (χ1) is 10.3. The summed E-state index contributed by atoms with van der Waals surface area (Å²) in [6.07, 6.45) is 1.88. The van der Waals surface area contributed by atoms with Gasteiger partial charge in [0.15, 0.2) is 0 Å². The van der Waals surface area contributed by atoms with Crippen LogP contribution in [-0.2, 0) is 4.79 Å².